The molecule has 1 aromatic heterocycles. The summed E-state index contributed by atoms with van der Waals surface area (Å²) in [5.41, 5.74) is 0.371. The van der Waals surface area contributed by atoms with Crippen LogP contribution in [-0.2, 0) is 9.47 Å². The molecule has 104 valence electrons. The van der Waals surface area contributed by atoms with Gasteiger partial charge in [0, 0.05) is 25.5 Å². The van der Waals surface area contributed by atoms with Gasteiger partial charge in [-0.3, -0.25) is 4.79 Å². The van der Waals surface area contributed by atoms with Gasteiger partial charge >= 0.3 is 0 Å². The molecule has 6 heteroatoms. The van der Waals surface area contributed by atoms with Crippen molar-refractivity contribution in [1.29, 1.82) is 0 Å². The summed E-state index contributed by atoms with van der Waals surface area (Å²) in [6.07, 6.45) is 2.08. The van der Waals surface area contributed by atoms with Gasteiger partial charge in [0.1, 0.15) is 11.3 Å². The van der Waals surface area contributed by atoms with Crippen LogP contribution in [0.2, 0.25) is 0 Å². The molecule has 1 amide bonds. The normalized spacial score (nSPS) is 25.4. The molecule has 0 aliphatic carbocycles. The maximum absolute atomic E-state index is 12.2. The summed E-state index contributed by atoms with van der Waals surface area (Å²) < 4.78 is 11.3. The molecule has 19 heavy (non-hydrogen) atoms. The molecule has 5 nitrogen and oxygen atoms in total. The molecule has 3 heterocycles. The molecule has 1 atom stereocenters. The van der Waals surface area contributed by atoms with E-state index in [2.05, 4.69) is 4.98 Å². The molecule has 2 fully saturated rings. The van der Waals surface area contributed by atoms with Crippen molar-refractivity contribution in [2.45, 2.75) is 31.5 Å². The van der Waals surface area contributed by atoms with Crippen LogP contribution in [0.3, 0.4) is 0 Å². The Labute approximate surface area is 116 Å². The van der Waals surface area contributed by atoms with Crippen LogP contribution in [0.15, 0.2) is 5.38 Å². The quantitative estimate of drug-likeness (QED) is 0.824. The van der Waals surface area contributed by atoms with Crippen LogP contribution < -0.4 is 0 Å². The Morgan fingerprint density at radius 2 is 2.42 bits per heavy atom. The van der Waals surface area contributed by atoms with Gasteiger partial charge in [-0.15, -0.1) is 11.3 Å². The third kappa shape index (κ3) is 2.40. The lowest BCUT2D eigenvalue weighted by Gasteiger charge is -2.52. The number of methoxy groups -OCH3 is 1. The molecular formula is C13H18N2O3S. The summed E-state index contributed by atoms with van der Waals surface area (Å²) in [6.45, 7) is 3.94. The summed E-state index contributed by atoms with van der Waals surface area (Å²) in [4.78, 5) is 18.3. The maximum Gasteiger partial charge on any atom is 0.273 e. The van der Waals surface area contributed by atoms with E-state index >= 15 is 0 Å². The van der Waals surface area contributed by atoms with Crippen LogP contribution in [0.25, 0.3) is 0 Å². The lowest BCUT2D eigenvalue weighted by molar-refractivity contribution is -0.182. The molecule has 0 unspecified atom stereocenters. The molecule has 0 bridgehead atoms. The Morgan fingerprint density at radius 3 is 3.05 bits per heavy atom. The average molecular weight is 282 g/mol. The average Bonchev–Trinajstić information content (AvgIpc) is 2.82. The molecule has 0 radical (unpaired) electrons. The van der Waals surface area contributed by atoms with Gasteiger partial charge in [0.15, 0.2) is 0 Å². The van der Waals surface area contributed by atoms with Crippen molar-refractivity contribution >= 4 is 17.2 Å². The lowest BCUT2D eigenvalue weighted by Crippen LogP contribution is -2.67. The molecule has 0 saturated carbocycles. The summed E-state index contributed by atoms with van der Waals surface area (Å²) in [5.74, 6) is 0.0121. The number of likely N-dealkylation sites (tertiary alicyclic amines) is 1. The molecule has 2 aliphatic rings. The van der Waals surface area contributed by atoms with Crippen LogP contribution in [0, 0.1) is 6.92 Å². The minimum atomic E-state index is -0.181. The summed E-state index contributed by atoms with van der Waals surface area (Å²) >= 11 is 1.51. The first-order valence-electron chi connectivity index (χ1n) is 6.50. The second-order valence-electron chi connectivity index (χ2n) is 5.29. The topological polar surface area (TPSA) is 51.7 Å². The number of thiazole rings is 1. The summed E-state index contributed by atoms with van der Waals surface area (Å²) in [5, 5.41) is 2.74. The molecule has 1 aromatic rings. The molecule has 1 spiro atoms. The van der Waals surface area contributed by atoms with Gasteiger partial charge in [-0.25, -0.2) is 4.98 Å². The van der Waals surface area contributed by atoms with Crippen molar-refractivity contribution in [3.05, 3.63) is 16.1 Å². The fourth-order valence-corrected chi connectivity index (χ4v) is 3.41. The largest absolute Gasteiger partial charge is 0.381 e. The minimum absolute atomic E-state index is 0.0121. The highest BCUT2D eigenvalue weighted by atomic mass is 32.1. The number of carbonyl (C=O) groups is 1. The van der Waals surface area contributed by atoms with Gasteiger partial charge in [-0.05, 0) is 13.3 Å². The van der Waals surface area contributed by atoms with Crippen LogP contribution in [-0.4, -0.2) is 54.3 Å². The number of ether oxygens (including phenoxy) is 2. The van der Waals surface area contributed by atoms with Crippen molar-refractivity contribution in [3.8, 4) is 0 Å². The number of rotatable bonds is 2. The van der Waals surface area contributed by atoms with Crippen LogP contribution in [0.5, 0.6) is 0 Å². The number of hydrogen-bond donors (Lipinski definition) is 0. The Kier molecular flexibility index (Phi) is 3.32. The van der Waals surface area contributed by atoms with Gasteiger partial charge in [-0.1, -0.05) is 0 Å². The molecule has 2 saturated heterocycles. The van der Waals surface area contributed by atoms with Gasteiger partial charge in [0.25, 0.3) is 5.91 Å². The molecule has 0 aromatic carbocycles. The first kappa shape index (κ1) is 13.0. The number of aromatic nitrogens is 1. The van der Waals surface area contributed by atoms with Crippen LogP contribution in [0.4, 0.5) is 0 Å². The molecule has 0 N–H and O–H groups in total. The molecule has 2 aliphatic heterocycles. The van der Waals surface area contributed by atoms with Crippen LogP contribution >= 0.6 is 11.3 Å². The number of amides is 1. The Bertz CT molecular complexity index is 482. The van der Waals surface area contributed by atoms with Crippen molar-refractivity contribution in [2.75, 3.05) is 26.8 Å². The highest BCUT2D eigenvalue weighted by Crippen LogP contribution is 2.35. The zero-order valence-electron chi connectivity index (χ0n) is 11.2. The molecule has 3 rings (SSSR count). The minimum Gasteiger partial charge on any atom is -0.381 e. The first-order chi connectivity index (χ1) is 9.12. The number of hydrogen-bond acceptors (Lipinski definition) is 5. The van der Waals surface area contributed by atoms with Crippen molar-refractivity contribution in [1.82, 2.24) is 9.88 Å². The zero-order valence-corrected chi connectivity index (χ0v) is 12.0. The van der Waals surface area contributed by atoms with E-state index in [9.17, 15) is 4.79 Å². The second-order valence-corrected chi connectivity index (χ2v) is 6.36. The second kappa shape index (κ2) is 4.85. The van der Waals surface area contributed by atoms with Crippen molar-refractivity contribution in [3.63, 3.8) is 0 Å². The van der Waals surface area contributed by atoms with Gasteiger partial charge < -0.3 is 14.4 Å². The lowest BCUT2D eigenvalue weighted by atomic mass is 9.84. The van der Waals surface area contributed by atoms with Crippen molar-refractivity contribution in [2.24, 2.45) is 0 Å². The Morgan fingerprint density at radius 1 is 1.63 bits per heavy atom. The summed E-state index contributed by atoms with van der Waals surface area (Å²) in [7, 11) is 1.74. The van der Waals surface area contributed by atoms with Gasteiger partial charge in [0.05, 0.1) is 24.2 Å². The standard InChI is InChI=1S/C13H18N2O3S/c1-9-14-11(6-19-9)12(16)15-7-13(8-15)5-10(17-2)3-4-18-13/h6,10H,3-5,7-8H2,1-2H3/t10-/m1/s1. The maximum atomic E-state index is 12.2. The van der Waals surface area contributed by atoms with E-state index in [-0.39, 0.29) is 17.6 Å². The number of nitrogens with zero attached hydrogens (tertiary/aromatic N) is 2. The van der Waals surface area contributed by atoms with Gasteiger partial charge in [0.2, 0.25) is 0 Å². The van der Waals surface area contributed by atoms with E-state index in [1.54, 1.807) is 7.11 Å². The first-order valence-corrected chi connectivity index (χ1v) is 7.38. The zero-order chi connectivity index (χ0) is 13.5. The highest BCUT2D eigenvalue weighted by Gasteiger charge is 2.49. The van der Waals surface area contributed by atoms with E-state index in [1.165, 1.54) is 11.3 Å². The van der Waals surface area contributed by atoms with Crippen molar-refractivity contribution < 1.29 is 14.3 Å². The fraction of sp³-hybridized carbons (Fsp3) is 0.692. The predicted octanol–water partition coefficient (Wildman–Crippen LogP) is 1.47. The monoisotopic (exact) mass is 282 g/mol. The highest BCUT2D eigenvalue weighted by molar-refractivity contribution is 7.09. The predicted molar refractivity (Wildman–Crippen MR) is 71.5 cm³/mol. The van der Waals surface area contributed by atoms with E-state index in [0.717, 1.165) is 24.5 Å². The Hall–Kier alpha value is -0.980. The number of aryl methyl sites for hydroxylation is 1. The summed E-state index contributed by atoms with van der Waals surface area (Å²) in [6, 6.07) is 0. The smallest absolute Gasteiger partial charge is 0.273 e. The van der Waals surface area contributed by atoms with Gasteiger partial charge in [-0.2, -0.15) is 0 Å². The fourth-order valence-electron chi connectivity index (χ4n) is 2.82. The van der Waals surface area contributed by atoms with E-state index in [0.29, 0.717) is 18.8 Å². The van der Waals surface area contributed by atoms with E-state index in [1.807, 2.05) is 17.2 Å². The third-order valence-corrected chi connectivity index (χ3v) is 4.64. The Balaban J connectivity index is 1.61. The van der Waals surface area contributed by atoms with E-state index < -0.39 is 0 Å². The van der Waals surface area contributed by atoms with E-state index in [4.69, 9.17) is 9.47 Å². The third-order valence-electron chi connectivity index (χ3n) is 3.86. The molecular weight excluding hydrogens is 264 g/mol. The SMILES string of the molecule is CO[C@@H]1CCOC2(C1)CN(C(=O)c1csc(C)n1)C2. The number of carbonyl (C=O) groups excluding carboxylic acids is 1. The van der Waals surface area contributed by atoms with Crippen LogP contribution in [0.1, 0.15) is 28.3 Å².